The standard InChI is InChI=1S/C19H34N4O3S/c1-6-16(4)26-18-13-15(3)9-10-17(18)14-22-19(20-5)21-11-8-12-23-27(24,25)7-2/h9-10,13,16,23H,6-8,11-12,14H2,1-5H3,(H2,20,21,22). The first-order valence-electron chi connectivity index (χ1n) is 9.49. The lowest BCUT2D eigenvalue weighted by atomic mass is 10.1. The molecular weight excluding hydrogens is 364 g/mol. The summed E-state index contributed by atoms with van der Waals surface area (Å²) in [5.41, 5.74) is 2.23. The van der Waals surface area contributed by atoms with Crippen molar-refractivity contribution in [3.8, 4) is 5.75 Å². The number of sulfonamides is 1. The van der Waals surface area contributed by atoms with E-state index >= 15 is 0 Å². The Morgan fingerprint density at radius 2 is 1.96 bits per heavy atom. The van der Waals surface area contributed by atoms with Crippen LogP contribution in [0.1, 0.15) is 44.7 Å². The molecule has 3 N–H and O–H groups in total. The maximum absolute atomic E-state index is 11.4. The first-order valence-corrected chi connectivity index (χ1v) is 11.1. The van der Waals surface area contributed by atoms with Crippen molar-refractivity contribution in [3.05, 3.63) is 29.3 Å². The third-order valence-electron chi connectivity index (χ3n) is 4.14. The Bertz CT molecular complexity index is 705. The maximum Gasteiger partial charge on any atom is 0.211 e. The topological polar surface area (TPSA) is 91.8 Å². The van der Waals surface area contributed by atoms with Gasteiger partial charge in [-0.25, -0.2) is 13.1 Å². The van der Waals surface area contributed by atoms with E-state index in [0.29, 0.717) is 32.0 Å². The highest BCUT2D eigenvalue weighted by atomic mass is 32.2. The van der Waals surface area contributed by atoms with Crippen molar-refractivity contribution in [1.29, 1.82) is 0 Å². The van der Waals surface area contributed by atoms with Gasteiger partial charge in [0.1, 0.15) is 5.75 Å². The van der Waals surface area contributed by atoms with Crippen LogP contribution in [0.4, 0.5) is 0 Å². The molecule has 0 saturated carbocycles. The van der Waals surface area contributed by atoms with Crippen LogP contribution in [0.5, 0.6) is 5.75 Å². The third-order valence-corrected chi connectivity index (χ3v) is 5.55. The summed E-state index contributed by atoms with van der Waals surface area (Å²) in [4.78, 5) is 4.20. The summed E-state index contributed by atoms with van der Waals surface area (Å²) in [6, 6.07) is 6.18. The minimum atomic E-state index is -3.13. The summed E-state index contributed by atoms with van der Waals surface area (Å²) in [5.74, 6) is 1.66. The van der Waals surface area contributed by atoms with Gasteiger partial charge in [-0.1, -0.05) is 19.1 Å². The van der Waals surface area contributed by atoms with Crippen LogP contribution in [-0.2, 0) is 16.6 Å². The smallest absolute Gasteiger partial charge is 0.211 e. The van der Waals surface area contributed by atoms with Crippen LogP contribution < -0.4 is 20.1 Å². The van der Waals surface area contributed by atoms with Gasteiger partial charge in [-0.3, -0.25) is 4.99 Å². The molecular formula is C19H34N4O3S. The van der Waals surface area contributed by atoms with Crippen molar-refractivity contribution in [3.63, 3.8) is 0 Å². The molecule has 1 unspecified atom stereocenters. The first-order chi connectivity index (χ1) is 12.8. The second-order valence-corrected chi connectivity index (χ2v) is 8.55. The summed E-state index contributed by atoms with van der Waals surface area (Å²) in [6.07, 6.45) is 1.79. The zero-order valence-electron chi connectivity index (χ0n) is 17.1. The van der Waals surface area contributed by atoms with Gasteiger partial charge in [-0.2, -0.15) is 0 Å². The number of nitrogens with zero attached hydrogens (tertiary/aromatic N) is 1. The molecule has 0 saturated heterocycles. The van der Waals surface area contributed by atoms with Gasteiger partial charge >= 0.3 is 0 Å². The van der Waals surface area contributed by atoms with Crippen LogP contribution in [0.3, 0.4) is 0 Å². The minimum Gasteiger partial charge on any atom is -0.490 e. The summed E-state index contributed by atoms with van der Waals surface area (Å²) in [7, 11) is -1.42. The van der Waals surface area contributed by atoms with Crippen LogP contribution >= 0.6 is 0 Å². The first kappa shape index (κ1) is 23.2. The molecule has 154 valence electrons. The van der Waals surface area contributed by atoms with Crippen molar-refractivity contribution >= 4 is 16.0 Å². The molecule has 1 aromatic rings. The van der Waals surface area contributed by atoms with Crippen molar-refractivity contribution in [2.45, 2.75) is 53.2 Å². The lowest BCUT2D eigenvalue weighted by molar-refractivity contribution is 0.215. The Morgan fingerprint density at radius 3 is 2.59 bits per heavy atom. The number of benzene rings is 1. The minimum absolute atomic E-state index is 0.0985. The highest BCUT2D eigenvalue weighted by molar-refractivity contribution is 7.89. The monoisotopic (exact) mass is 398 g/mol. The number of ether oxygens (including phenoxy) is 1. The highest BCUT2D eigenvalue weighted by Gasteiger charge is 2.09. The molecule has 0 aliphatic heterocycles. The predicted molar refractivity (Wildman–Crippen MR) is 112 cm³/mol. The molecule has 1 aromatic carbocycles. The van der Waals surface area contributed by atoms with E-state index in [2.05, 4.69) is 52.4 Å². The quantitative estimate of drug-likeness (QED) is 0.302. The lowest BCUT2D eigenvalue weighted by Crippen LogP contribution is -2.38. The van der Waals surface area contributed by atoms with Crippen molar-refractivity contribution in [2.75, 3.05) is 25.9 Å². The number of rotatable bonds is 11. The molecule has 0 aliphatic rings. The van der Waals surface area contributed by atoms with E-state index < -0.39 is 10.0 Å². The van der Waals surface area contributed by atoms with Gasteiger partial charge in [0.05, 0.1) is 11.9 Å². The summed E-state index contributed by atoms with van der Waals surface area (Å²) in [5, 5.41) is 6.47. The number of nitrogens with one attached hydrogen (secondary N) is 3. The fourth-order valence-electron chi connectivity index (χ4n) is 2.24. The fourth-order valence-corrected chi connectivity index (χ4v) is 2.90. The van der Waals surface area contributed by atoms with Crippen LogP contribution in [0, 0.1) is 6.92 Å². The lowest BCUT2D eigenvalue weighted by Gasteiger charge is -2.18. The van der Waals surface area contributed by atoms with E-state index in [9.17, 15) is 8.42 Å². The second-order valence-electron chi connectivity index (χ2n) is 6.45. The molecule has 27 heavy (non-hydrogen) atoms. The number of aryl methyl sites for hydroxylation is 1. The van der Waals surface area contributed by atoms with Gasteiger partial charge in [0, 0.05) is 32.2 Å². The van der Waals surface area contributed by atoms with Crippen molar-refractivity contribution < 1.29 is 13.2 Å². The second kappa shape index (κ2) is 11.8. The van der Waals surface area contributed by atoms with Gasteiger partial charge in [0.15, 0.2) is 5.96 Å². The number of hydrogen-bond donors (Lipinski definition) is 3. The zero-order chi connectivity index (χ0) is 20.3. The summed E-state index contributed by atoms with van der Waals surface area (Å²) in [6.45, 7) is 9.46. The van der Waals surface area contributed by atoms with E-state index in [0.717, 1.165) is 23.3 Å². The molecule has 0 bridgehead atoms. The molecule has 1 rings (SSSR count). The zero-order valence-corrected chi connectivity index (χ0v) is 17.9. The molecule has 0 radical (unpaired) electrons. The Kier molecular flexibility index (Phi) is 10.2. The number of guanidine groups is 1. The predicted octanol–water partition coefficient (Wildman–Crippen LogP) is 2.17. The SMILES string of the molecule is CCC(C)Oc1cc(C)ccc1CNC(=NC)NCCCNS(=O)(=O)CC. The summed E-state index contributed by atoms with van der Waals surface area (Å²) < 4.78 is 31.4. The molecule has 0 amide bonds. The van der Waals surface area contributed by atoms with Crippen LogP contribution in [0.15, 0.2) is 23.2 Å². The highest BCUT2D eigenvalue weighted by Crippen LogP contribution is 2.22. The van der Waals surface area contributed by atoms with E-state index in [1.807, 2.05) is 6.92 Å². The fraction of sp³-hybridized carbons (Fsp3) is 0.632. The molecule has 0 fully saturated rings. The van der Waals surface area contributed by atoms with Gasteiger partial charge in [0.25, 0.3) is 0 Å². The Labute approximate surface area is 164 Å². The van der Waals surface area contributed by atoms with E-state index in [1.165, 1.54) is 0 Å². The summed E-state index contributed by atoms with van der Waals surface area (Å²) >= 11 is 0. The molecule has 0 heterocycles. The number of aliphatic imine (C=N–C) groups is 1. The Morgan fingerprint density at radius 1 is 1.22 bits per heavy atom. The van der Waals surface area contributed by atoms with Crippen LogP contribution in [-0.4, -0.2) is 46.4 Å². The average Bonchev–Trinajstić information content (AvgIpc) is 2.65. The third kappa shape index (κ3) is 9.10. The normalized spacial score (nSPS) is 13.3. The maximum atomic E-state index is 11.4. The van der Waals surface area contributed by atoms with Crippen LogP contribution in [0.2, 0.25) is 0 Å². The molecule has 7 nitrogen and oxygen atoms in total. The van der Waals surface area contributed by atoms with Gasteiger partial charge in [-0.15, -0.1) is 0 Å². The molecule has 1 atom stereocenters. The van der Waals surface area contributed by atoms with Gasteiger partial charge < -0.3 is 15.4 Å². The largest absolute Gasteiger partial charge is 0.490 e. The van der Waals surface area contributed by atoms with Gasteiger partial charge in [0.2, 0.25) is 10.0 Å². The van der Waals surface area contributed by atoms with Gasteiger partial charge in [-0.05, 0) is 45.2 Å². The van der Waals surface area contributed by atoms with Crippen LogP contribution in [0.25, 0.3) is 0 Å². The Balaban J connectivity index is 2.51. The molecule has 0 aromatic heterocycles. The van der Waals surface area contributed by atoms with E-state index in [1.54, 1.807) is 14.0 Å². The van der Waals surface area contributed by atoms with E-state index in [-0.39, 0.29) is 11.9 Å². The molecule has 0 spiro atoms. The number of hydrogen-bond acceptors (Lipinski definition) is 4. The average molecular weight is 399 g/mol. The van der Waals surface area contributed by atoms with Crippen molar-refractivity contribution in [2.24, 2.45) is 4.99 Å². The Hall–Kier alpha value is -1.80. The molecule has 8 heteroatoms. The van der Waals surface area contributed by atoms with E-state index in [4.69, 9.17) is 4.74 Å². The van der Waals surface area contributed by atoms with Crippen molar-refractivity contribution in [1.82, 2.24) is 15.4 Å². The molecule has 0 aliphatic carbocycles.